The molecule has 0 aliphatic carbocycles. The van der Waals surface area contributed by atoms with Crippen molar-refractivity contribution in [1.29, 1.82) is 0 Å². The van der Waals surface area contributed by atoms with E-state index in [9.17, 15) is 0 Å². The van der Waals surface area contributed by atoms with E-state index in [1.807, 2.05) is 0 Å². The Bertz CT molecular complexity index is 166. The summed E-state index contributed by atoms with van der Waals surface area (Å²) in [5.74, 6) is 0. The fraction of sp³-hybridized carbons (Fsp3) is 0.333. The van der Waals surface area contributed by atoms with E-state index in [2.05, 4.69) is 48.1 Å². The number of thiol groups is 3. The van der Waals surface area contributed by atoms with Gasteiger partial charge in [-0.2, -0.15) is 0 Å². The lowest BCUT2D eigenvalue weighted by molar-refractivity contribution is 0.903. The van der Waals surface area contributed by atoms with E-state index in [-0.39, 0.29) is 5.50 Å². The average Bonchev–Trinajstić information content (AvgIpc) is 1.80. The second-order valence-corrected chi connectivity index (χ2v) is 2.68. The van der Waals surface area contributed by atoms with Crippen LogP contribution in [0.1, 0.15) is 0 Å². The highest BCUT2D eigenvalue weighted by atomic mass is 32.1. The van der Waals surface area contributed by atoms with Crippen molar-refractivity contribution in [3.05, 3.63) is 0 Å². The van der Waals surface area contributed by atoms with Gasteiger partial charge in [0.1, 0.15) is 6.34 Å². The molecule has 1 aliphatic rings. The second-order valence-electron chi connectivity index (χ2n) is 1.38. The molecule has 0 bridgehead atoms. The van der Waals surface area contributed by atoms with Crippen LogP contribution in [0, 0.1) is 0 Å². The molecule has 1 heterocycles. The molecule has 1 aliphatic heterocycles. The predicted molar refractivity (Wildman–Crippen MR) is 48.5 cm³/mol. The number of amidine groups is 1. The molecule has 0 amide bonds. The molecular weight excluding hydrogens is 174 g/mol. The van der Waals surface area contributed by atoms with E-state index in [0.717, 1.165) is 0 Å². The van der Waals surface area contributed by atoms with Crippen molar-refractivity contribution in [3.63, 3.8) is 0 Å². The van der Waals surface area contributed by atoms with Crippen LogP contribution in [0.5, 0.6) is 0 Å². The molecule has 9 heavy (non-hydrogen) atoms. The molecule has 50 valence electrons. The molecule has 0 aromatic heterocycles. The summed E-state index contributed by atoms with van der Waals surface area (Å²) in [4.78, 5) is 7.67. The molecule has 0 saturated heterocycles. The molecule has 0 fully saturated rings. The number of aliphatic imine (C=N–C) groups is 2. The van der Waals surface area contributed by atoms with E-state index >= 15 is 0 Å². The Morgan fingerprint density at radius 3 is 2.78 bits per heavy atom. The molecule has 0 radical (unpaired) electrons. The lowest BCUT2D eigenvalue weighted by atomic mass is 10.9. The van der Waals surface area contributed by atoms with Gasteiger partial charge in [0.2, 0.25) is 0 Å². The zero-order chi connectivity index (χ0) is 6.85. The van der Waals surface area contributed by atoms with Gasteiger partial charge in [-0.1, -0.05) is 12.8 Å². The minimum absolute atomic E-state index is 0.319. The molecule has 0 N–H and O–H groups in total. The first-order valence-electron chi connectivity index (χ1n) is 2.16. The van der Waals surface area contributed by atoms with Gasteiger partial charge < -0.3 is 0 Å². The summed E-state index contributed by atoms with van der Waals surface area (Å²) < 4.78 is 1.41. The van der Waals surface area contributed by atoms with E-state index in [1.54, 1.807) is 0 Å². The van der Waals surface area contributed by atoms with Crippen molar-refractivity contribution in [2.75, 3.05) is 0 Å². The van der Waals surface area contributed by atoms with Gasteiger partial charge in [0.15, 0.2) is 10.7 Å². The Kier molecular flexibility index (Phi) is 2.31. The number of hydrogen-bond acceptors (Lipinski definition) is 5. The van der Waals surface area contributed by atoms with Crippen molar-refractivity contribution < 1.29 is 0 Å². The van der Waals surface area contributed by atoms with Gasteiger partial charge in [-0.3, -0.25) is 4.31 Å². The maximum atomic E-state index is 3.97. The van der Waals surface area contributed by atoms with Gasteiger partial charge in [0.05, 0.1) is 0 Å². The van der Waals surface area contributed by atoms with Crippen LogP contribution in [0.25, 0.3) is 0 Å². The van der Waals surface area contributed by atoms with Crippen molar-refractivity contribution in [2.45, 2.75) is 5.50 Å². The van der Waals surface area contributed by atoms with Crippen LogP contribution >= 0.6 is 38.1 Å². The second kappa shape index (κ2) is 2.85. The Morgan fingerprint density at radius 2 is 2.33 bits per heavy atom. The van der Waals surface area contributed by atoms with E-state index in [4.69, 9.17) is 0 Å². The summed E-state index contributed by atoms with van der Waals surface area (Å²) in [6.45, 7) is 0. The fourth-order valence-corrected chi connectivity index (χ4v) is 0.903. The minimum atomic E-state index is -0.319. The summed E-state index contributed by atoms with van der Waals surface area (Å²) in [5.41, 5.74) is -0.319. The third-order valence-corrected chi connectivity index (χ3v) is 1.78. The fourth-order valence-electron chi connectivity index (χ4n) is 0.370. The quantitative estimate of drug-likeness (QED) is 0.469. The molecule has 1 unspecified atom stereocenters. The molecule has 1 rings (SSSR count). The Hall–Kier alpha value is 0.190. The highest BCUT2D eigenvalue weighted by molar-refractivity contribution is 7.98. The lowest BCUT2D eigenvalue weighted by Gasteiger charge is -2.15. The predicted octanol–water partition coefficient (Wildman–Crippen LogP) is 0.674. The molecular formula is C3H5N3S3. The smallest absolute Gasteiger partial charge is 0.188 e. The zero-order valence-electron chi connectivity index (χ0n) is 4.34. The van der Waals surface area contributed by atoms with Crippen molar-refractivity contribution in [2.24, 2.45) is 9.98 Å². The normalized spacial score (nSPS) is 26.3. The first-order valence-corrected chi connectivity index (χ1v) is 3.53. The first-order chi connectivity index (χ1) is 4.20. The van der Waals surface area contributed by atoms with Crippen molar-refractivity contribution in [3.8, 4) is 0 Å². The maximum absolute atomic E-state index is 3.97. The maximum Gasteiger partial charge on any atom is 0.188 e. The molecule has 0 aromatic carbocycles. The first kappa shape index (κ1) is 7.30. The molecule has 3 nitrogen and oxygen atoms in total. The van der Waals surface area contributed by atoms with Crippen molar-refractivity contribution >= 4 is 49.6 Å². The number of nitrogens with zero attached hydrogens (tertiary/aromatic N) is 3. The minimum Gasteiger partial charge on any atom is -0.256 e. The third kappa shape index (κ3) is 1.80. The van der Waals surface area contributed by atoms with Crippen LogP contribution in [0.4, 0.5) is 0 Å². The molecule has 6 heteroatoms. The third-order valence-electron chi connectivity index (χ3n) is 0.745. The van der Waals surface area contributed by atoms with Gasteiger partial charge in [0, 0.05) is 0 Å². The zero-order valence-corrected chi connectivity index (χ0v) is 7.02. The topological polar surface area (TPSA) is 28.0 Å². The molecule has 0 spiro atoms. The Labute approximate surface area is 69.6 Å². The largest absolute Gasteiger partial charge is 0.256 e. The molecule has 1 atom stereocenters. The van der Waals surface area contributed by atoms with E-state index in [1.165, 1.54) is 10.6 Å². The van der Waals surface area contributed by atoms with Gasteiger partial charge >= 0.3 is 0 Å². The van der Waals surface area contributed by atoms with Crippen LogP contribution in [0.3, 0.4) is 0 Å². The van der Waals surface area contributed by atoms with Crippen LogP contribution < -0.4 is 0 Å². The highest BCUT2D eigenvalue weighted by Gasteiger charge is 2.07. The summed E-state index contributed by atoms with van der Waals surface area (Å²) in [6.07, 6.45) is 1.51. The number of hydrogen-bond donors (Lipinski definition) is 3. The summed E-state index contributed by atoms with van der Waals surface area (Å²) >= 11 is 11.9. The average molecular weight is 179 g/mol. The standard InChI is InChI=1S/C3H5N3S3/c7-2-4-1-6(9)3(8)5-2/h1-2,7,9H,(H,5,8). The lowest BCUT2D eigenvalue weighted by Crippen LogP contribution is -2.20. The van der Waals surface area contributed by atoms with Crippen LogP contribution in [0.2, 0.25) is 0 Å². The SMILES string of the molecule is SC1=NC(S)N=CN1S. The highest BCUT2D eigenvalue weighted by Crippen LogP contribution is 2.09. The molecule has 0 aromatic rings. The summed E-state index contributed by atoms with van der Waals surface area (Å²) in [7, 11) is 0. The van der Waals surface area contributed by atoms with E-state index in [0.29, 0.717) is 5.17 Å². The Morgan fingerprint density at radius 1 is 1.67 bits per heavy atom. The van der Waals surface area contributed by atoms with Crippen molar-refractivity contribution in [1.82, 2.24) is 4.31 Å². The Balaban J connectivity index is 2.70. The van der Waals surface area contributed by atoms with Gasteiger partial charge in [0.25, 0.3) is 0 Å². The van der Waals surface area contributed by atoms with Crippen LogP contribution in [0.15, 0.2) is 9.98 Å². The van der Waals surface area contributed by atoms with Crippen LogP contribution in [-0.2, 0) is 0 Å². The van der Waals surface area contributed by atoms with Gasteiger partial charge in [-0.25, -0.2) is 9.98 Å². The van der Waals surface area contributed by atoms with Gasteiger partial charge in [-0.05, 0) is 0 Å². The van der Waals surface area contributed by atoms with Crippen LogP contribution in [-0.4, -0.2) is 21.3 Å². The number of rotatable bonds is 0. The van der Waals surface area contributed by atoms with E-state index < -0.39 is 0 Å². The summed E-state index contributed by atoms with van der Waals surface area (Å²) in [6, 6.07) is 0. The monoisotopic (exact) mass is 179 g/mol. The summed E-state index contributed by atoms with van der Waals surface area (Å²) in [5, 5.41) is 0.508. The molecule has 0 saturated carbocycles. The van der Waals surface area contributed by atoms with Gasteiger partial charge in [-0.15, -0.1) is 25.3 Å².